The first-order chi connectivity index (χ1) is 14.1. The topological polar surface area (TPSA) is 95.1 Å². The van der Waals surface area contributed by atoms with Crippen molar-refractivity contribution in [1.29, 1.82) is 0 Å². The summed E-state index contributed by atoms with van der Waals surface area (Å²) in [6.45, 7) is 0. The summed E-state index contributed by atoms with van der Waals surface area (Å²) in [5.74, 6) is -1.42. The van der Waals surface area contributed by atoms with E-state index in [0.717, 1.165) is 27.0 Å². The molecule has 2 aromatic carbocycles. The minimum atomic E-state index is -1.06. The van der Waals surface area contributed by atoms with Gasteiger partial charge in [0.2, 0.25) is 5.91 Å². The van der Waals surface area contributed by atoms with Crippen molar-refractivity contribution in [2.45, 2.75) is 18.9 Å². The standard InChI is InChI=1S/C22H19N3O3S/c26-20(11-16-13-29-21(24-16)14-6-2-1-3-7-14)25-19(22(27)28)10-15-12-23-18-9-5-4-8-17(15)18/h1-9,12-13,19,23H,10-11H2,(H,25,26)(H,27,28). The summed E-state index contributed by atoms with van der Waals surface area (Å²) in [5.41, 5.74) is 3.41. The minimum Gasteiger partial charge on any atom is -0.480 e. The van der Waals surface area contributed by atoms with Crippen LogP contribution in [0.2, 0.25) is 0 Å². The number of aromatic amines is 1. The first-order valence-electron chi connectivity index (χ1n) is 9.17. The van der Waals surface area contributed by atoms with Gasteiger partial charge in [0.05, 0.1) is 12.1 Å². The lowest BCUT2D eigenvalue weighted by Crippen LogP contribution is -2.43. The zero-order valence-electron chi connectivity index (χ0n) is 15.5. The summed E-state index contributed by atoms with van der Waals surface area (Å²) in [6, 6.07) is 16.4. The van der Waals surface area contributed by atoms with E-state index in [9.17, 15) is 14.7 Å². The van der Waals surface area contributed by atoms with Gasteiger partial charge in [-0.15, -0.1) is 11.3 Å². The van der Waals surface area contributed by atoms with Crippen LogP contribution in [0, 0.1) is 0 Å². The van der Waals surface area contributed by atoms with E-state index in [-0.39, 0.29) is 18.7 Å². The first kappa shape index (κ1) is 18.9. The zero-order valence-corrected chi connectivity index (χ0v) is 16.3. The quantitative estimate of drug-likeness (QED) is 0.437. The van der Waals surface area contributed by atoms with Crippen LogP contribution in [0.15, 0.2) is 66.2 Å². The molecule has 0 aliphatic rings. The molecule has 1 unspecified atom stereocenters. The van der Waals surface area contributed by atoms with Crippen LogP contribution in [0.3, 0.4) is 0 Å². The number of thiazole rings is 1. The number of carbonyl (C=O) groups excluding carboxylic acids is 1. The van der Waals surface area contributed by atoms with Crippen molar-refractivity contribution in [2.24, 2.45) is 0 Å². The fraction of sp³-hybridized carbons (Fsp3) is 0.136. The van der Waals surface area contributed by atoms with E-state index in [4.69, 9.17) is 0 Å². The van der Waals surface area contributed by atoms with Gasteiger partial charge in [-0.25, -0.2) is 9.78 Å². The lowest BCUT2D eigenvalue weighted by molar-refractivity contribution is -0.141. The third-order valence-corrected chi connectivity index (χ3v) is 5.59. The number of hydrogen-bond donors (Lipinski definition) is 3. The van der Waals surface area contributed by atoms with Gasteiger partial charge in [-0.2, -0.15) is 0 Å². The molecule has 0 fully saturated rings. The molecule has 4 rings (SSSR count). The van der Waals surface area contributed by atoms with Gasteiger partial charge in [-0.1, -0.05) is 48.5 Å². The van der Waals surface area contributed by atoms with Crippen molar-refractivity contribution in [3.05, 3.63) is 77.4 Å². The molecule has 0 aliphatic carbocycles. The number of carboxylic acid groups (broad SMARTS) is 1. The highest BCUT2D eigenvalue weighted by atomic mass is 32.1. The van der Waals surface area contributed by atoms with E-state index in [1.54, 1.807) is 6.20 Å². The molecule has 0 aliphatic heterocycles. The fourth-order valence-electron chi connectivity index (χ4n) is 3.23. The molecular formula is C22H19N3O3S. The van der Waals surface area contributed by atoms with Crippen molar-refractivity contribution in [2.75, 3.05) is 0 Å². The van der Waals surface area contributed by atoms with Crippen LogP contribution in [-0.2, 0) is 22.4 Å². The second kappa shape index (κ2) is 8.28. The third kappa shape index (κ3) is 4.35. The van der Waals surface area contributed by atoms with Crippen LogP contribution in [0.1, 0.15) is 11.3 Å². The monoisotopic (exact) mass is 405 g/mol. The van der Waals surface area contributed by atoms with Gasteiger partial charge >= 0.3 is 5.97 Å². The maximum Gasteiger partial charge on any atom is 0.326 e. The summed E-state index contributed by atoms with van der Waals surface area (Å²) in [7, 11) is 0. The highest BCUT2D eigenvalue weighted by Gasteiger charge is 2.22. The van der Waals surface area contributed by atoms with E-state index < -0.39 is 12.0 Å². The number of para-hydroxylation sites is 1. The largest absolute Gasteiger partial charge is 0.480 e. The molecule has 146 valence electrons. The number of amides is 1. The fourth-order valence-corrected chi connectivity index (χ4v) is 4.06. The predicted molar refractivity (Wildman–Crippen MR) is 113 cm³/mol. The van der Waals surface area contributed by atoms with Crippen molar-refractivity contribution in [3.63, 3.8) is 0 Å². The Labute approximate surface area is 171 Å². The number of rotatable bonds is 7. The van der Waals surface area contributed by atoms with Crippen LogP contribution in [0.5, 0.6) is 0 Å². The summed E-state index contributed by atoms with van der Waals surface area (Å²) in [5, 5.41) is 15.8. The molecule has 3 N–H and O–H groups in total. The van der Waals surface area contributed by atoms with Gasteiger partial charge < -0.3 is 15.4 Å². The summed E-state index contributed by atoms with van der Waals surface area (Å²) in [4.78, 5) is 31.8. The lowest BCUT2D eigenvalue weighted by atomic mass is 10.0. The average Bonchev–Trinajstić information content (AvgIpc) is 3.35. The lowest BCUT2D eigenvalue weighted by Gasteiger charge is -2.14. The number of nitrogens with one attached hydrogen (secondary N) is 2. The zero-order chi connectivity index (χ0) is 20.2. The smallest absolute Gasteiger partial charge is 0.326 e. The van der Waals surface area contributed by atoms with Crippen LogP contribution < -0.4 is 5.32 Å². The van der Waals surface area contributed by atoms with Crippen molar-refractivity contribution < 1.29 is 14.7 Å². The van der Waals surface area contributed by atoms with Gasteiger partial charge in [0.25, 0.3) is 0 Å². The molecule has 0 bridgehead atoms. The van der Waals surface area contributed by atoms with Gasteiger partial charge in [-0.3, -0.25) is 4.79 Å². The molecule has 0 radical (unpaired) electrons. The Morgan fingerprint density at radius 3 is 2.66 bits per heavy atom. The Hall–Kier alpha value is -3.45. The van der Waals surface area contributed by atoms with Gasteiger partial charge in [0, 0.05) is 34.5 Å². The van der Waals surface area contributed by atoms with E-state index >= 15 is 0 Å². The van der Waals surface area contributed by atoms with E-state index in [0.29, 0.717) is 5.69 Å². The van der Waals surface area contributed by atoms with Crippen molar-refractivity contribution in [1.82, 2.24) is 15.3 Å². The number of aliphatic carboxylic acids is 1. The molecule has 1 atom stereocenters. The number of fused-ring (bicyclic) bond motifs is 1. The van der Waals surface area contributed by atoms with E-state index in [1.165, 1.54) is 11.3 Å². The number of hydrogen-bond acceptors (Lipinski definition) is 4. The Balaban J connectivity index is 1.43. The maximum absolute atomic E-state index is 12.4. The molecule has 2 heterocycles. The molecule has 4 aromatic rings. The minimum absolute atomic E-state index is 0.0427. The average molecular weight is 405 g/mol. The Bertz CT molecular complexity index is 1150. The molecule has 29 heavy (non-hydrogen) atoms. The van der Waals surface area contributed by atoms with Crippen LogP contribution in [-0.4, -0.2) is 33.0 Å². The predicted octanol–water partition coefficient (Wildman–Crippen LogP) is 3.65. The second-order valence-electron chi connectivity index (χ2n) is 6.71. The Kier molecular flexibility index (Phi) is 5.39. The molecule has 2 aromatic heterocycles. The Morgan fingerprint density at radius 2 is 1.86 bits per heavy atom. The molecule has 6 nitrogen and oxygen atoms in total. The number of aromatic nitrogens is 2. The van der Waals surface area contributed by atoms with Crippen molar-refractivity contribution >= 4 is 34.1 Å². The van der Waals surface area contributed by atoms with Crippen LogP contribution in [0.4, 0.5) is 0 Å². The number of nitrogens with zero attached hydrogens (tertiary/aromatic N) is 1. The highest BCUT2D eigenvalue weighted by molar-refractivity contribution is 7.13. The number of benzene rings is 2. The van der Waals surface area contributed by atoms with E-state index in [1.807, 2.05) is 60.0 Å². The summed E-state index contributed by atoms with van der Waals surface area (Å²) >= 11 is 1.46. The molecule has 7 heteroatoms. The molecule has 0 saturated heterocycles. The van der Waals surface area contributed by atoms with Crippen LogP contribution in [0.25, 0.3) is 21.5 Å². The number of carboxylic acids is 1. The molecule has 0 saturated carbocycles. The second-order valence-corrected chi connectivity index (χ2v) is 7.57. The SMILES string of the molecule is O=C(Cc1csc(-c2ccccc2)n1)NC(Cc1c[nH]c2ccccc12)C(=O)O. The number of H-pyrrole nitrogens is 1. The molecular weight excluding hydrogens is 386 g/mol. The number of carbonyl (C=O) groups is 2. The normalized spacial score (nSPS) is 12.0. The Morgan fingerprint density at radius 1 is 1.10 bits per heavy atom. The van der Waals surface area contributed by atoms with E-state index in [2.05, 4.69) is 15.3 Å². The third-order valence-electron chi connectivity index (χ3n) is 4.65. The van der Waals surface area contributed by atoms with Gasteiger partial charge in [0.1, 0.15) is 11.0 Å². The molecule has 1 amide bonds. The molecule has 0 spiro atoms. The van der Waals surface area contributed by atoms with Gasteiger partial charge in [-0.05, 0) is 11.6 Å². The summed E-state index contributed by atoms with van der Waals surface area (Å²) in [6.07, 6.45) is 2.04. The van der Waals surface area contributed by atoms with Crippen LogP contribution >= 0.6 is 11.3 Å². The first-order valence-corrected chi connectivity index (χ1v) is 10.0. The maximum atomic E-state index is 12.4. The van der Waals surface area contributed by atoms with Gasteiger partial charge in [0.15, 0.2) is 0 Å². The highest BCUT2D eigenvalue weighted by Crippen LogP contribution is 2.23. The van der Waals surface area contributed by atoms with Crippen molar-refractivity contribution in [3.8, 4) is 10.6 Å². The summed E-state index contributed by atoms with van der Waals surface area (Å²) < 4.78 is 0.